The molecule has 3 rings (SSSR count). The quantitative estimate of drug-likeness (QED) is 0.692. The largest absolute Gasteiger partial charge is 0.338 e. The van der Waals surface area contributed by atoms with Crippen molar-refractivity contribution in [3.8, 4) is 0 Å². The lowest BCUT2D eigenvalue weighted by Crippen LogP contribution is -2.50. The highest BCUT2D eigenvalue weighted by Gasteiger charge is 2.44. The summed E-state index contributed by atoms with van der Waals surface area (Å²) in [6.45, 7) is 1.63. The first-order valence-electron chi connectivity index (χ1n) is 7.50. The van der Waals surface area contributed by atoms with Crippen LogP contribution in [-0.4, -0.2) is 25.2 Å². The van der Waals surface area contributed by atoms with Crippen LogP contribution in [0, 0.1) is 23.7 Å². The van der Waals surface area contributed by atoms with E-state index in [0.29, 0.717) is 12.0 Å². The minimum absolute atomic E-state index is 0.0229. The molecule has 0 aliphatic heterocycles. The third-order valence-electron chi connectivity index (χ3n) is 5.16. The molecule has 102 valence electrons. The molecule has 0 spiro atoms. The van der Waals surface area contributed by atoms with Gasteiger partial charge in [-0.15, -0.1) is 0 Å². The highest BCUT2D eigenvalue weighted by molar-refractivity contribution is 5.74. The van der Waals surface area contributed by atoms with Crippen LogP contribution in [0.25, 0.3) is 0 Å². The molecule has 3 aliphatic rings. The Hall–Kier alpha value is -0.770. The summed E-state index contributed by atoms with van der Waals surface area (Å²) in [7, 11) is 0. The Kier molecular flexibility index (Phi) is 3.46. The van der Waals surface area contributed by atoms with E-state index in [-0.39, 0.29) is 6.03 Å². The highest BCUT2D eigenvalue weighted by Crippen LogP contribution is 2.51. The zero-order valence-corrected chi connectivity index (χ0v) is 11.0. The second-order valence-corrected chi connectivity index (χ2v) is 6.48. The molecule has 3 aliphatic carbocycles. The molecule has 0 bridgehead atoms. The maximum atomic E-state index is 11.7. The summed E-state index contributed by atoms with van der Waals surface area (Å²) in [4.78, 5) is 11.7. The molecule has 18 heavy (non-hydrogen) atoms. The average molecular weight is 251 g/mol. The van der Waals surface area contributed by atoms with Gasteiger partial charge >= 0.3 is 6.03 Å². The van der Waals surface area contributed by atoms with Crippen molar-refractivity contribution in [2.45, 2.75) is 44.6 Å². The minimum Gasteiger partial charge on any atom is -0.338 e. The Bertz CT molecular complexity index is 310. The zero-order valence-electron chi connectivity index (χ0n) is 11.0. The van der Waals surface area contributed by atoms with E-state index >= 15 is 0 Å². The molecule has 4 heteroatoms. The van der Waals surface area contributed by atoms with Crippen LogP contribution in [0.15, 0.2) is 0 Å². The lowest BCUT2D eigenvalue weighted by Gasteiger charge is -2.34. The van der Waals surface area contributed by atoms with E-state index < -0.39 is 0 Å². The second-order valence-electron chi connectivity index (χ2n) is 6.48. The van der Waals surface area contributed by atoms with Gasteiger partial charge in [0.25, 0.3) is 0 Å². The van der Waals surface area contributed by atoms with Gasteiger partial charge in [0.05, 0.1) is 0 Å². The van der Waals surface area contributed by atoms with Gasteiger partial charge in [-0.05, 0) is 49.5 Å². The molecule has 0 aromatic rings. The Morgan fingerprint density at radius 3 is 2.61 bits per heavy atom. The first-order valence-corrected chi connectivity index (χ1v) is 7.50. The number of carbonyl (C=O) groups is 1. The molecule has 0 heterocycles. The van der Waals surface area contributed by atoms with E-state index in [1.54, 1.807) is 0 Å². The molecular weight excluding hydrogens is 226 g/mol. The summed E-state index contributed by atoms with van der Waals surface area (Å²) in [5.74, 6) is 3.29. The van der Waals surface area contributed by atoms with Gasteiger partial charge in [-0.3, -0.25) is 0 Å². The number of urea groups is 1. The van der Waals surface area contributed by atoms with Crippen LogP contribution in [0.2, 0.25) is 0 Å². The fraction of sp³-hybridized carbons (Fsp3) is 0.929. The third-order valence-corrected chi connectivity index (χ3v) is 5.16. The van der Waals surface area contributed by atoms with Crippen LogP contribution in [0.1, 0.15) is 38.5 Å². The molecule has 0 radical (unpaired) electrons. The van der Waals surface area contributed by atoms with E-state index in [1.807, 2.05) is 0 Å². The monoisotopic (exact) mass is 251 g/mol. The molecular formula is C14H25N3O. The Balaban J connectivity index is 1.26. The highest BCUT2D eigenvalue weighted by atomic mass is 16.2. The van der Waals surface area contributed by atoms with Gasteiger partial charge in [0, 0.05) is 12.6 Å². The number of carbonyl (C=O) groups excluding carboxylic acids is 1. The first-order chi connectivity index (χ1) is 8.76. The fourth-order valence-electron chi connectivity index (χ4n) is 3.46. The molecule has 3 saturated carbocycles. The van der Waals surface area contributed by atoms with E-state index in [2.05, 4.69) is 10.6 Å². The van der Waals surface area contributed by atoms with Crippen LogP contribution in [0.4, 0.5) is 4.79 Å². The molecule has 0 aromatic carbocycles. The summed E-state index contributed by atoms with van der Waals surface area (Å²) in [6.07, 6.45) is 7.72. The van der Waals surface area contributed by atoms with Crippen LogP contribution in [0.3, 0.4) is 0 Å². The van der Waals surface area contributed by atoms with Gasteiger partial charge in [0.2, 0.25) is 0 Å². The summed E-state index contributed by atoms with van der Waals surface area (Å²) < 4.78 is 0. The lowest BCUT2D eigenvalue weighted by molar-refractivity contribution is 0.204. The fourth-order valence-corrected chi connectivity index (χ4v) is 3.46. The van der Waals surface area contributed by atoms with Crippen LogP contribution in [0.5, 0.6) is 0 Å². The molecule has 4 N–H and O–H groups in total. The van der Waals surface area contributed by atoms with E-state index in [0.717, 1.165) is 43.7 Å². The number of nitrogens with two attached hydrogens (primary N) is 1. The van der Waals surface area contributed by atoms with Gasteiger partial charge in [-0.2, -0.15) is 0 Å². The van der Waals surface area contributed by atoms with Crippen LogP contribution < -0.4 is 16.4 Å². The molecule has 0 aromatic heterocycles. The third kappa shape index (κ3) is 2.63. The predicted octanol–water partition coefficient (Wildman–Crippen LogP) is 1.46. The summed E-state index contributed by atoms with van der Waals surface area (Å²) >= 11 is 0. The van der Waals surface area contributed by atoms with Crippen molar-refractivity contribution in [3.05, 3.63) is 0 Å². The van der Waals surface area contributed by atoms with Crippen molar-refractivity contribution < 1.29 is 4.79 Å². The molecule has 0 unspecified atom stereocenters. The van der Waals surface area contributed by atoms with Crippen molar-refractivity contribution in [1.29, 1.82) is 0 Å². The van der Waals surface area contributed by atoms with Crippen molar-refractivity contribution in [1.82, 2.24) is 10.6 Å². The Labute approximate surface area is 109 Å². The van der Waals surface area contributed by atoms with Crippen molar-refractivity contribution in [2.24, 2.45) is 29.4 Å². The van der Waals surface area contributed by atoms with E-state index in [4.69, 9.17) is 5.73 Å². The van der Waals surface area contributed by atoms with Gasteiger partial charge in [-0.1, -0.05) is 19.3 Å². The number of hydrogen-bond acceptors (Lipinski definition) is 2. The summed E-state index contributed by atoms with van der Waals surface area (Å²) in [5, 5.41) is 6.06. The summed E-state index contributed by atoms with van der Waals surface area (Å²) in [5.41, 5.74) is 5.57. The molecule has 0 saturated heterocycles. The van der Waals surface area contributed by atoms with Gasteiger partial charge in [0.1, 0.15) is 0 Å². The predicted molar refractivity (Wildman–Crippen MR) is 71.0 cm³/mol. The Morgan fingerprint density at radius 1 is 1.22 bits per heavy atom. The molecule has 2 atom stereocenters. The van der Waals surface area contributed by atoms with Gasteiger partial charge in [0.15, 0.2) is 0 Å². The van der Waals surface area contributed by atoms with Crippen molar-refractivity contribution in [2.75, 3.05) is 13.1 Å². The lowest BCUT2D eigenvalue weighted by atomic mass is 9.80. The average Bonchev–Trinajstić information content (AvgIpc) is 2.97. The van der Waals surface area contributed by atoms with Crippen molar-refractivity contribution in [3.63, 3.8) is 0 Å². The van der Waals surface area contributed by atoms with Crippen LogP contribution >= 0.6 is 0 Å². The SMILES string of the molecule is NCC1CC(NC(=O)NC[C@@H]2C[C@H]2C2CCC2)C1. The number of rotatable bonds is 5. The smallest absolute Gasteiger partial charge is 0.315 e. The molecule has 4 nitrogen and oxygen atoms in total. The standard InChI is InChI=1S/C14H25N3O/c15-7-9-4-12(5-9)17-14(18)16-8-11-6-13(11)10-2-1-3-10/h9-13H,1-8,15H2,(H2,16,17,18)/t9?,11-,12?,13-/m0/s1. The minimum atomic E-state index is 0.0229. The number of nitrogens with one attached hydrogen (secondary N) is 2. The van der Waals surface area contributed by atoms with Gasteiger partial charge in [-0.25, -0.2) is 4.79 Å². The van der Waals surface area contributed by atoms with Crippen molar-refractivity contribution >= 4 is 6.03 Å². The topological polar surface area (TPSA) is 67.1 Å². The molecule has 2 amide bonds. The van der Waals surface area contributed by atoms with Gasteiger partial charge < -0.3 is 16.4 Å². The normalized spacial score (nSPS) is 38.5. The maximum absolute atomic E-state index is 11.7. The maximum Gasteiger partial charge on any atom is 0.315 e. The van der Waals surface area contributed by atoms with Crippen LogP contribution in [-0.2, 0) is 0 Å². The Morgan fingerprint density at radius 2 is 2.00 bits per heavy atom. The van der Waals surface area contributed by atoms with E-state index in [1.165, 1.54) is 25.7 Å². The first kappa shape index (κ1) is 12.3. The number of hydrogen-bond donors (Lipinski definition) is 3. The molecule has 3 fully saturated rings. The zero-order chi connectivity index (χ0) is 12.5. The summed E-state index contributed by atoms with van der Waals surface area (Å²) in [6, 6.07) is 0.384. The second kappa shape index (κ2) is 5.08. The van der Waals surface area contributed by atoms with E-state index in [9.17, 15) is 4.79 Å². The number of amides is 2.